The molecule has 1 atom stereocenters. The molecule has 0 aromatic heterocycles. The molecule has 2 aliphatic rings. The van der Waals surface area contributed by atoms with Crippen molar-refractivity contribution >= 4 is 11.8 Å². The minimum Gasteiger partial charge on any atom is -0.301 e. The summed E-state index contributed by atoms with van der Waals surface area (Å²) in [5.41, 5.74) is 0.807. The fourth-order valence-corrected chi connectivity index (χ4v) is 3.72. The van der Waals surface area contributed by atoms with Crippen molar-refractivity contribution < 1.29 is 0 Å². The number of nitrogens with zero attached hydrogens (tertiary/aromatic N) is 1. The van der Waals surface area contributed by atoms with Crippen LogP contribution in [-0.2, 0) is 0 Å². The molecule has 0 amide bonds. The van der Waals surface area contributed by atoms with Gasteiger partial charge in [0.1, 0.15) is 0 Å². The third-order valence-corrected chi connectivity index (χ3v) is 5.20. The Balaban J connectivity index is 1.75. The first-order valence-corrected chi connectivity index (χ1v) is 7.80. The van der Waals surface area contributed by atoms with Gasteiger partial charge in [-0.05, 0) is 76.0 Å². The third-order valence-electron chi connectivity index (χ3n) is 4.55. The number of thioether (sulfide) groups is 1. The van der Waals surface area contributed by atoms with E-state index < -0.39 is 0 Å². The van der Waals surface area contributed by atoms with Crippen molar-refractivity contribution in [3.05, 3.63) is 0 Å². The van der Waals surface area contributed by atoms with E-state index in [1.807, 2.05) is 11.8 Å². The van der Waals surface area contributed by atoms with Crippen molar-refractivity contribution in [3.8, 4) is 0 Å². The number of hydrogen-bond donors (Lipinski definition) is 0. The molecule has 2 fully saturated rings. The zero-order valence-corrected chi connectivity index (χ0v) is 11.3. The Hall–Kier alpha value is 0.310. The van der Waals surface area contributed by atoms with Crippen LogP contribution in [0.3, 0.4) is 0 Å². The summed E-state index contributed by atoms with van der Waals surface area (Å²) in [6.45, 7) is 7.37. The maximum atomic E-state index is 2.65. The molecule has 0 radical (unpaired) electrons. The highest BCUT2D eigenvalue weighted by Gasteiger charge is 2.53. The molecule has 0 bridgehead atoms. The summed E-state index contributed by atoms with van der Waals surface area (Å²) in [7, 11) is 0. The van der Waals surface area contributed by atoms with Gasteiger partial charge in [0.05, 0.1) is 0 Å². The van der Waals surface area contributed by atoms with E-state index in [9.17, 15) is 0 Å². The quantitative estimate of drug-likeness (QED) is 0.725. The van der Waals surface area contributed by atoms with E-state index in [1.54, 1.807) is 6.42 Å². The van der Waals surface area contributed by atoms with Crippen LogP contribution in [0.1, 0.15) is 39.5 Å². The Morgan fingerprint density at radius 1 is 1.33 bits per heavy atom. The maximum absolute atomic E-state index is 2.65. The van der Waals surface area contributed by atoms with Gasteiger partial charge in [-0.25, -0.2) is 0 Å². The lowest BCUT2D eigenvalue weighted by Crippen LogP contribution is -2.39. The Kier molecular flexibility index (Phi) is 3.67. The molecule has 1 nitrogen and oxygen atoms in total. The molecule has 2 rings (SSSR count). The van der Waals surface area contributed by atoms with Crippen LogP contribution in [-0.4, -0.2) is 36.0 Å². The second-order valence-corrected chi connectivity index (χ2v) is 6.66. The second-order valence-electron chi connectivity index (χ2n) is 5.67. The minimum absolute atomic E-state index is 0.755. The Morgan fingerprint density at radius 3 is 2.53 bits per heavy atom. The van der Waals surface area contributed by atoms with Crippen molar-refractivity contribution in [1.29, 1.82) is 0 Å². The van der Waals surface area contributed by atoms with Crippen LogP contribution in [0, 0.1) is 11.3 Å². The highest BCUT2D eigenvalue weighted by atomic mass is 32.2. The molecule has 88 valence electrons. The van der Waals surface area contributed by atoms with E-state index in [-0.39, 0.29) is 0 Å². The van der Waals surface area contributed by atoms with Gasteiger partial charge in [-0.2, -0.15) is 11.8 Å². The molecule has 1 aliphatic heterocycles. The first kappa shape index (κ1) is 11.8. The van der Waals surface area contributed by atoms with E-state index in [0.717, 1.165) is 17.4 Å². The summed E-state index contributed by atoms with van der Waals surface area (Å²) in [4.78, 5) is 2.65. The molecule has 1 saturated carbocycles. The first-order valence-electron chi connectivity index (χ1n) is 6.41. The Bertz CT molecular complexity index is 207. The molecule has 1 spiro atoms. The van der Waals surface area contributed by atoms with Gasteiger partial charge < -0.3 is 4.90 Å². The fourth-order valence-electron chi connectivity index (χ4n) is 3.20. The topological polar surface area (TPSA) is 3.24 Å². The zero-order valence-electron chi connectivity index (χ0n) is 10.5. The second kappa shape index (κ2) is 4.67. The molecule has 15 heavy (non-hydrogen) atoms. The summed E-state index contributed by atoms with van der Waals surface area (Å²) in [6, 6.07) is 0.755. The van der Waals surface area contributed by atoms with Gasteiger partial charge in [0, 0.05) is 6.04 Å². The van der Waals surface area contributed by atoms with Crippen LogP contribution in [0.15, 0.2) is 0 Å². The van der Waals surface area contributed by atoms with E-state index >= 15 is 0 Å². The van der Waals surface area contributed by atoms with Gasteiger partial charge in [-0.3, -0.25) is 0 Å². The van der Waals surface area contributed by atoms with Crippen molar-refractivity contribution in [2.75, 3.05) is 25.1 Å². The number of hydrogen-bond acceptors (Lipinski definition) is 2. The lowest BCUT2D eigenvalue weighted by Gasteiger charge is -2.35. The van der Waals surface area contributed by atoms with Crippen LogP contribution in [0.2, 0.25) is 0 Å². The van der Waals surface area contributed by atoms with E-state index in [2.05, 4.69) is 25.0 Å². The molecular formula is C13H25NS. The van der Waals surface area contributed by atoms with Crippen molar-refractivity contribution in [2.24, 2.45) is 11.3 Å². The normalized spacial score (nSPS) is 30.0. The summed E-state index contributed by atoms with van der Waals surface area (Å²) in [5, 5.41) is 0. The van der Waals surface area contributed by atoms with Crippen LogP contribution < -0.4 is 0 Å². The number of piperidine rings is 1. The number of rotatable bonds is 4. The lowest BCUT2D eigenvalue weighted by atomic mass is 9.89. The predicted molar refractivity (Wildman–Crippen MR) is 69.5 cm³/mol. The van der Waals surface area contributed by atoms with Gasteiger partial charge >= 0.3 is 0 Å². The molecular weight excluding hydrogens is 202 g/mol. The van der Waals surface area contributed by atoms with Crippen LogP contribution in [0.4, 0.5) is 0 Å². The summed E-state index contributed by atoms with van der Waals surface area (Å²) in [5.74, 6) is 2.46. The monoisotopic (exact) mass is 227 g/mol. The highest BCUT2D eigenvalue weighted by Crippen LogP contribution is 2.61. The van der Waals surface area contributed by atoms with Gasteiger partial charge in [0.2, 0.25) is 0 Å². The standard InChI is InChI=1S/C13H25NS/c1-11(2)14-7-5-13(6-8-14)10-12(13)4-9-15-3/h11-12H,4-10H2,1-3H3. The predicted octanol–water partition coefficient (Wildman–Crippen LogP) is 3.25. The SMILES string of the molecule is CSCCC1CC12CCN(C(C)C)CC2. The van der Waals surface area contributed by atoms with Crippen LogP contribution >= 0.6 is 11.8 Å². The average molecular weight is 227 g/mol. The number of likely N-dealkylation sites (tertiary alicyclic amines) is 1. The average Bonchev–Trinajstić information content (AvgIpc) is 2.89. The maximum Gasteiger partial charge on any atom is 0.00385 e. The Labute approximate surface area is 99.0 Å². The molecule has 2 heteroatoms. The van der Waals surface area contributed by atoms with Gasteiger partial charge in [0.25, 0.3) is 0 Å². The summed E-state index contributed by atoms with van der Waals surface area (Å²) < 4.78 is 0. The highest BCUT2D eigenvalue weighted by molar-refractivity contribution is 7.98. The van der Waals surface area contributed by atoms with Gasteiger partial charge in [0.15, 0.2) is 0 Å². The van der Waals surface area contributed by atoms with Crippen LogP contribution in [0.25, 0.3) is 0 Å². The summed E-state index contributed by atoms with van der Waals surface area (Å²) in [6.07, 6.45) is 8.20. The Morgan fingerprint density at radius 2 is 2.00 bits per heavy atom. The molecule has 1 unspecified atom stereocenters. The largest absolute Gasteiger partial charge is 0.301 e. The van der Waals surface area contributed by atoms with Gasteiger partial charge in [-0.1, -0.05) is 0 Å². The summed E-state index contributed by atoms with van der Waals surface area (Å²) >= 11 is 2.01. The van der Waals surface area contributed by atoms with E-state index in [1.165, 1.54) is 38.1 Å². The smallest absolute Gasteiger partial charge is 0.00385 e. The molecule has 0 aromatic carbocycles. The van der Waals surface area contributed by atoms with Crippen molar-refractivity contribution in [1.82, 2.24) is 4.90 Å². The van der Waals surface area contributed by atoms with E-state index in [4.69, 9.17) is 0 Å². The molecule has 1 heterocycles. The molecule has 1 aliphatic carbocycles. The molecule has 1 saturated heterocycles. The van der Waals surface area contributed by atoms with Crippen LogP contribution in [0.5, 0.6) is 0 Å². The zero-order chi connectivity index (χ0) is 10.9. The fraction of sp³-hybridized carbons (Fsp3) is 1.00. The minimum atomic E-state index is 0.755. The van der Waals surface area contributed by atoms with Gasteiger partial charge in [-0.15, -0.1) is 0 Å². The lowest BCUT2D eigenvalue weighted by molar-refractivity contribution is 0.131. The van der Waals surface area contributed by atoms with Crippen molar-refractivity contribution in [2.45, 2.75) is 45.6 Å². The molecule has 0 N–H and O–H groups in total. The third kappa shape index (κ3) is 2.52. The van der Waals surface area contributed by atoms with Crippen molar-refractivity contribution in [3.63, 3.8) is 0 Å². The first-order chi connectivity index (χ1) is 7.18. The molecule has 0 aromatic rings. The van der Waals surface area contributed by atoms with E-state index in [0.29, 0.717) is 0 Å².